The van der Waals surface area contributed by atoms with Crippen molar-refractivity contribution >= 4 is 23.0 Å². The summed E-state index contributed by atoms with van der Waals surface area (Å²) in [7, 11) is 0. The molecule has 2 aromatic heterocycles. The molecular weight excluding hydrogens is 424 g/mol. The van der Waals surface area contributed by atoms with Crippen molar-refractivity contribution in [2.75, 3.05) is 5.32 Å². The second-order valence-electron chi connectivity index (χ2n) is 8.01. The van der Waals surface area contributed by atoms with Crippen molar-refractivity contribution in [2.45, 2.75) is 13.8 Å². The number of hydrogen-bond donors (Lipinski definition) is 1. The molecule has 166 valence electrons. The monoisotopic (exact) mass is 446 g/mol. The normalized spacial score (nSPS) is 10.9. The number of hydrogen-bond acceptors (Lipinski definition) is 4. The van der Waals surface area contributed by atoms with E-state index in [0.717, 1.165) is 16.8 Å². The summed E-state index contributed by atoms with van der Waals surface area (Å²) < 4.78 is 1.70. The molecule has 2 heterocycles. The highest BCUT2D eigenvalue weighted by molar-refractivity contribution is 6.15. The molecule has 5 rings (SSSR count). The third-order valence-electron chi connectivity index (χ3n) is 5.82. The average Bonchev–Trinajstić information content (AvgIpc) is 3.22. The molecule has 5 aromatic rings. The number of fused-ring (bicyclic) bond motifs is 1. The first-order valence-corrected chi connectivity index (χ1v) is 10.9. The Kier molecular flexibility index (Phi) is 5.47. The largest absolute Gasteiger partial charge is 0.321 e. The summed E-state index contributed by atoms with van der Waals surface area (Å²) in [5, 5.41) is 7.54. The maximum absolute atomic E-state index is 13.2. The lowest BCUT2D eigenvalue weighted by molar-refractivity contribution is 0.102. The van der Waals surface area contributed by atoms with Crippen molar-refractivity contribution in [2.24, 2.45) is 0 Å². The number of carbonyl (C=O) groups is 2. The predicted molar refractivity (Wildman–Crippen MR) is 132 cm³/mol. The number of nitrogens with one attached hydrogen (secondary N) is 1. The van der Waals surface area contributed by atoms with Gasteiger partial charge in [0, 0.05) is 22.9 Å². The molecule has 0 saturated carbocycles. The number of para-hydroxylation sites is 1. The molecule has 0 bridgehead atoms. The molecule has 0 aliphatic carbocycles. The number of nitrogens with zero attached hydrogens (tertiary/aromatic N) is 3. The van der Waals surface area contributed by atoms with Gasteiger partial charge < -0.3 is 5.32 Å². The van der Waals surface area contributed by atoms with Crippen LogP contribution in [0.25, 0.3) is 16.8 Å². The molecule has 34 heavy (non-hydrogen) atoms. The van der Waals surface area contributed by atoms with Gasteiger partial charge in [0.1, 0.15) is 0 Å². The highest BCUT2D eigenvalue weighted by Gasteiger charge is 2.20. The Hall–Kier alpha value is -4.58. The van der Waals surface area contributed by atoms with Crippen LogP contribution >= 0.6 is 0 Å². The zero-order valence-electron chi connectivity index (χ0n) is 18.8. The number of amides is 1. The Morgan fingerprint density at radius 2 is 1.44 bits per heavy atom. The van der Waals surface area contributed by atoms with E-state index in [0.29, 0.717) is 33.7 Å². The molecule has 0 aliphatic heterocycles. The number of ketones is 1. The molecule has 0 atom stereocenters. The summed E-state index contributed by atoms with van der Waals surface area (Å²) in [6, 6.07) is 25.9. The van der Waals surface area contributed by atoms with Gasteiger partial charge in [-0.3, -0.25) is 9.59 Å². The second-order valence-corrected chi connectivity index (χ2v) is 8.01. The van der Waals surface area contributed by atoms with Gasteiger partial charge in [0.25, 0.3) is 5.91 Å². The van der Waals surface area contributed by atoms with E-state index in [1.165, 1.54) is 0 Å². The molecule has 3 aromatic carbocycles. The third-order valence-corrected chi connectivity index (χ3v) is 5.82. The summed E-state index contributed by atoms with van der Waals surface area (Å²) >= 11 is 0. The number of aromatic nitrogens is 3. The summed E-state index contributed by atoms with van der Waals surface area (Å²) in [5.74, 6) is -0.508. The van der Waals surface area contributed by atoms with E-state index >= 15 is 0 Å². The van der Waals surface area contributed by atoms with Crippen molar-refractivity contribution in [3.8, 4) is 11.1 Å². The average molecular weight is 447 g/mol. The summed E-state index contributed by atoms with van der Waals surface area (Å²) in [5.41, 5.74) is 5.97. The second kappa shape index (κ2) is 8.75. The minimum Gasteiger partial charge on any atom is -0.321 e. The predicted octanol–water partition coefficient (Wildman–Crippen LogP) is 5.50. The molecule has 6 heteroatoms. The Labute approximate surface area is 196 Å². The van der Waals surface area contributed by atoms with E-state index in [-0.39, 0.29) is 11.7 Å². The van der Waals surface area contributed by atoms with Crippen LogP contribution in [0.1, 0.15) is 37.7 Å². The standard InChI is InChI=1S/C28H22N4O2/c1-18-25(20-11-5-3-6-12-20)27-29-17-23(19(2)32(27)31-18)28(34)30-24-16-10-9-15-22(24)26(33)21-13-7-4-8-14-21/h3-17H,1-2H3,(H,30,34). The van der Waals surface area contributed by atoms with Gasteiger partial charge in [-0.1, -0.05) is 72.8 Å². The summed E-state index contributed by atoms with van der Waals surface area (Å²) in [4.78, 5) is 30.9. The van der Waals surface area contributed by atoms with Crippen LogP contribution < -0.4 is 5.32 Å². The first kappa shape index (κ1) is 21.3. The maximum atomic E-state index is 13.2. The van der Waals surface area contributed by atoms with E-state index < -0.39 is 0 Å². The third kappa shape index (κ3) is 3.75. The lowest BCUT2D eigenvalue weighted by Gasteiger charge is -2.12. The van der Waals surface area contributed by atoms with Crippen molar-refractivity contribution in [1.82, 2.24) is 14.6 Å². The smallest absolute Gasteiger partial charge is 0.259 e. The summed E-state index contributed by atoms with van der Waals surface area (Å²) in [6.07, 6.45) is 1.56. The molecule has 0 saturated heterocycles. The fourth-order valence-electron chi connectivity index (χ4n) is 4.09. The highest BCUT2D eigenvalue weighted by Crippen LogP contribution is 2.28. The van der Waals surface area contributed by atoms with Crippen LogP contribution in [0.5, 0.6) is 0 Å². The fourth-order valence-corrected chi connectivity index (χ4v) is 4.09. The van der Waals surface area contributed by atoms with E-state index in [9.17, 15) is 9.59 Å². The van der Waals surface area contributed by atoms with Gasteiger partial charge in [0.05, 0.1) is 22.6 Å². The molecule has 6 nitrogen and oxygen atoms in total. The van der Waals surface area contributed by atoms with Crippen LogP contribution in [0.15, 0.2) is 91.1 Å². The molecule has 0 fully saturated rings. The number of aryl methyl sites for hydroxylation is 2. The van der Waals surface area contributed by atoms with Crippen LogP contribution in [0, 0.1) is 13.8 Å². The van der Waals surface area contributed by atoms with E-state index in [2.05, 4.69) is 15.4 Å². The molecule has 1 N–H and O–H groups in total. The Bertz CT molecular complexity index is 1520. The molecule has 0 radical (unpaired) electrons. The zero-order valence-corrected chi connectivity index (χ0v) is 18.8. The van der Waals surface area contributed by atoms with Gasteiger partial charge in [0.2, 0.25) is 0 Å². The lowest BCUT2D eigenvalue weighted by atomic mass is 10.0. The summed E-state index contributed by atoms with van der Waals surface area (Å²) in [6.45, 7) is 3.77. The van der Waals surface area contributed by atoms with Crippen LogP contribution in [-0.2, 0) is 0 Å². The van der Waals surface area contributed by atoms with Crippen molar-refractivity contribution in [3.05, 3.63) is 119 Å². The molecule has 0 unspecified atom stereocenters. The quantitative estimate of drug-likeness (QED) is 0.362. The minimum absolute atomic E-state index is 0.156. The number of benzene rings is 3. The van der Waals surface area contributed by atoms with Gasteiger partial charge in [-0.15, -0.1) is 0 Å². The van der Waals surface area contributed by atoms with Crippen molar-refractivity contribution in [3.63, 3.8) is 0 Å². The van der Waals surface area contributed by atoms with Crippen LogP contribution in [0.2, 0.25) is 0 Å². The number of carbonyl (C=O) groups excluding carboxylic acids is 2. The Balaban J connectivity index is 1.50. The SMILES string of the molecule is Cc1nn2c(C)c(C(=O)Nc3ccccc3C(=O)c3ccccc3)cnc2c1-c1ccccc1. The lowest BCUT2D eigenvalue weighted by Crippen LogP contribution is -2.18. The van der Waals surface area contributed by atoms with E-state index in [1.54, 1.807) is 47.1 Å². The fraction of sp³-hybridized carbons (Fsp3) is 0.0714. The number of anilines is 1. The first-order chi connectivity index (χ1) is 16.5. The van der Waals surface area contributed by atoms with Crippen LogP contribution in [-0.4, -0.2) is 26.3 Å². The molecule has 1 amide bonds. The van der Waals surface area contributed by atoms with E-state index in [1.807, 2.05) is 62.4 Å². The van der Waals surface area contributed by atoms with Gasteiger partial charge >= 0.3 is 0 Å². The van der Waals surface area contributed by atoms with Crippen LogP contribution in [0.4, 0.5) is 5.69 Å². The van der Waals surface area contributed by atoms with Gasteiger partial charge in [-0.25, -0.2) is 9.50 Å². The Morgan fingerprint density at radius 1 is 0.794 bits per heavy atom. The maximum Gasteiger partial charge on any atom is 0.259 e. The van der Waals surface area contributed by atoms with Gasteiger partial charge in [0.15, 0.2) is 11.4 Å². The Morgan fingerprint density at radius 3 is 2.18 bits per heavy atom. The first-order valence-electron chi connectivity index (χ1n) is 10.9. The van der Waals surface area contributed by atoms with E-state index in [4.69, 9.17) is 0 Å². The zero-order chi connectivity index (χ0) is 23.7. The molecule has 0 aliphatic rings. The topological polar surface area (TPSA) is 76.4 Å². The van der Waals surface area contributed by atoms with Gasteiger partial charge in [-0.2, -0.15) is 5.10 Å². The number of rotatable bonds is 5. The highest BCUT2D eigenvalue weighted by atomic mass is 16.2. The van der Waals surface area contributed by atoms with Crippen LogP contribution in [0.3, 0.4) is 0 Å². The molecular formula is C28H22N4O2. The van der Waals surface area contributed by atoms with Crippen molar-refractivity contribution in [1.29, 1.82) is 0 Å². The van der Waals surface area contributed by atoms with Gasteiger partial charge in [-0.05, 0) is 31.5 Å². The molecule has 0 spiro atoms. The van der Waals surface area contributed by atoms with Crippen molar-refractivity contribution < 1.29 is 9.59 Å². The minimum atomic E-state index is -0.352.